The number of hydrogen-bond acceptors (Lipinski definition) is 9. The van der Waals surface area contributed by atoms with Crippen molar-refractivity contribution in [2.24, 2.45) is 17.2 Å². The number of aliphatic hydroxyl groups excluding tert-OH is 1. The molecule has 0 saturated carbocycles. The summed E-state index contributed by atoms with van der Waals surface area (Å²) in [5, 5.41) is 35.4. The fraction of sp³-hybridized carbons (Fsp3) is 0.120. The second-order valence-electron chi connectivity index (χ2n) is 7.21. The Bertz CT molecular complexity index is 997. The standard InChI is InChI=1S/C7H13N3O.2C6H7NO.C6H6O/c8-4-5-3-7(9,10)2-1-6(5)11;7-5-1-3-6(8)4-2-5;7-5-3-1-2-4-6(5)8;7-6-4-2-1-3-5-6/h1-3,6,11H,4,8-10H2;2*1-4,8H,7H2;1-5,7H. The van der Waals surface area contributed by atoms with Crippen LogP contribution in [0.25, 0.3) is 0 Å². The van der Waals surface area contributed by atoms with E-state index in [0.29, 0.717) is 22.7 Å². The zero-order valence-electron chi connectivity index (χ0n) is 18.7. The summed E-state index contributed by atoms with van der Waals surface area (Å²) in [4.78, 5) is 0. The van der Waals surface area contributed by atoms with E-state index in [2.05, 4.69) is 0 Å². The van der Waals surface area contributed by atoms with Gasteiger partial charge < -0.3 is 49.1 Å². The molecule has 1 atom stereocenters. The van der Waals surface area contributed by atoms with Crippen LogP contribution in [-0.2, 0) is 0 Å². The minimum Gasteiger partial charge on any atom is -0.508 e. The van der Waals surface area contributed by atoms with Crippen LogP contribution in [0.2, 0.25) is 0 Å². The van der Waals surface area contributed by atoms with Crippen LogP contribution in [0.3, 0.4) is 0 Å². The van der Waals surface area contributed by atoms with E-state index >= 15 is 0 Å². The Labute approximate surface area is 199 Å². The van der Waals surface area contributed by atoms with E-state index in [0.717, 1.165) is 0 Å². The number of nitrogen functional groups attached to an aromatic ring is 2. The summed E-state index contributed by atoms with van der Waals surface area (Å²) < 4.78 is 0. The molecule has 0 bridgehead atoms. The normalized spacial score (nSPS) is 15.2. The molecule has 9 heteroatoms. The third kappa shape index (κ3) is 11.6. The van der Waals surface area contributed by atoms with Crippen LogP contribution in [0, 0.1) is 0 Å². The van der Waals surface area contributed by atoms with Crippen LogP contribution in [0.15, 0.2) is 103 Å². The number of phenols is 3. The maximum Gasteiger partial charge on any atom is 0.138 e. The van der Waals surface area contributed by atoms with Gasteiger partial charge in [0.05, 0.1) is 11.8 Å². The average Bonchev–Trinajstić information content (AvgIpc) is 2.81. The second kappa shape index (κ2) is 14.2. The van der Waals surface area contributed by atoms with Gasteiger partial charge in [-0.15, -0.1) is 0 Å². The highest BCUT2D eigenvalue weighted by Crippen LogP contribution is 2.16. The third-order valence-corrected chi connectivity index (χ3v) is 4.20. The van der Waals surface area contributed by atoms with Gasteiger partial charge in [0, 0.05) is 12.2 Å². The summed E-state index contributed by atoms with van der Waals surface area (Å²) in [6, 6.07) is 21.8. The monoisotopic (exact) mass is 467 g/mol. The van der Waals surface area contributed by atoms with E-state index in [1.807, 2.05) is 6.07 Å². The first-order chi connectivity index (χ1) is 16.0. The first-order valence-electron chi connectivity index (χ1n) is 10.2. The van der Waals surface area contributed by atoms with Crippen molar-refractivity contribution in [2.45, 2.75) is 11.8 Å². The summed E-state index contributed by atoms with van der Waals surface area (Å²) in [5.74, 6) is 0.717. The first-order valence-corrected chi connectivity index (χ1v) is 10.2. The molecule has 182 valence electrons. The van der Waals surface area contributed by atoms with Crippen LogP contribution in [0.4, 0.5) is 11.4 Å². The number of nitrogens with two attached hydrogens (primary N) is 5. The summed E-state index contributed by atoms with van der Waals surface area (Å²) in [6.07, 6.45) is 4.05. The molecular formula is C25H33N5O4. The highest BCUT2D eigenvalue weighted by atomic mass is 16.3. The fourth-order valence-corrected chi connectivity index (χ4v) is 2.41. The predicted molar refractivity (Wildman–Crippen MR) is 137 cm³/mol. The zero-order valence-corrected chi connectivity index (χ0v) is 18.7. The Hall–Kier alpha value is -4.02. The van der Waals surface area contributed by atoms with Gasteiger partial charge in [0.15, 0.2) is 0 Å². The van der Waals surface area contributed by atoms with Gasteiger partial charge in [0.1, 0.15) is 22.9 Å². The van der Waals surface area contributed by atoms with Crippen molar-refractivity contribution in [3.05, 3.63) is 103 Å². The Kier molecular flexibility index (Phi) is 11.7. The van der Waals surface area contributed by atoms with Crippen molar-refractivity contribution >= 4 is 11.4 Å². The van der Waals surface area contributed by atoms with Crippen molar-refractivity contribution in [3.63, 3.8) is 0 Å². The molecule has 0 aromatic heterocycles. The van der Waals surface area contributed by atoms with Crippen molar-refractivity contribution in [1.82, 2.24) is 0 Å². The summed E-state index contributed by atoms with van der Waals surface area (Å²) >= 11 is 0. The van der Waals surface area contributed by atoms with Gasteiger partial charge in [-0.2, -0.15) is 0 Å². The Morgan fingerprint density at radius 1 is 0.735 bits per heavy atom. The highest BCUT2D eigenvalue weighted by Gasteiger charge is 2.20. The largest absolute Gasteiger partial charge is 0.508 e. The second-order valence-corrected chi connectivity index (χ2v) is 7.21. The van der Waals surface area contributed by atoms with Gasteiger partial charge in [0.25, 0.3) is 0 Å². The third-order valence-electron chi connectivity index (χ3n) is 4.20. The van der Waals surface area contributed by atoms with E-state index in [1.165, 1.54) is 0 Å². The topological polar surface area (TPSA) is 211 Å². The molecule has 0 fully saturated rings. The lowest BCUT2D eigenvalue weighted by Crippen LogP contribution is -2.48. The van der Waals surface area contributed by atoms with Gasteiger partial charge >= 0.3 is 0 Å². The van der Waals surface area contributed by atoms with Crippen molar-refractivity contribution in [1.29, 1.82) is 0 Å². The van der Waals surface area contributed by atoms with Gasteiger partial charge in [-0.25, -0.2) is 0 Å². The minimum absolute atomic E-state index is 0.146. The van der Waals surface area contributed by atoms with Crippen LogP contribution < -0.4 is 28.7 Å². The molecule has 1 aliphatic carbocycles. The molecule has 3 aromatic carbocycles. The summed E-state index contributed by atoms with van der Waals surface area (Å²) in [5.41, 5.74) is 27.8. The number of benzene rings is 3. The molecule has 4 rings (SSSR count). The van der Waals surface area contributed by atoms with Gasteiger partial charge in [0.2, 0.25) is 0 Å². The first kappa shape index (κ1) is 28.0. The molecule has 14 N–H and O–H groups in total. The van der Waals surface area contributed by atoms with Gasteiger partial charge in [-0.3, -0.25) is 0 Å². The van der Waals surface area contributed by atoms with E-state index in [-0.39, 0.29) is 18.0 Å². The molecule has 3 aromatic rings. The molecule has 1 unspecified atom stereocenters. The zero-order chi connectivity index (χ0) is 25.6. The van der Waals surface area contributed by atoms with E-state index in [1.54, 1.807) is 91.0 Å². The minimum atomic E-state index is -0.950. The van der Waals surface area contributed by atoms with Crippen LogP contribution in [0.5, 0.6) is 17.2 Å². The smallest absolute Gasteiger partial charge is 0.138 e. The van der Waals surface area contributed by atoms with Crippen LogP contribution in [-0.4, -0.2) is 38.7 Å². The summed E-state index contributed by atoms with van der Waals surface area (Å²) in [7, 11) is 0. The quantitative estimate of drug-likeness (QED) is 0.0837. The van der Waals surface area contributed by atoms with Crippen molar-refractivity contribution in [3.8, 4) is 17.2 Å². The van der Waals surface area contributed by atoms with Crippen molar-refractivity contribution < 1.29 is 20.4 Å². The van der Waals surface area contributed by atoms with E-state index in [9.17, 15) is 5.11 Å². The molecule has 0 heterocycles. The van der Waals surface area contributed by atoms with Gasteiger partial charge in [-0.05, 0) is 66.3 Å². The fourth-order valence-electron chi connectivity index (χ4n) is 2.41. The lowest BCUT2D eigenvalue weighted by Gasteiger charge is -2.24. The molecule has 0 saturated heterocycles. The number of hydrogen-bond donors (Lipinski definition) is 9. The number of phenolic OH excluding ortho intramolecular Hbond substituents is 3. The maximum absolute atomic E-state index is 9.25. The number of para-hydroxylation sites is 3. The molecule has 0 radical (unpaired) electrons. The van der Waals surface area contributed by atoms with Crippen LogP contribution in [0.1, 0.15) is 0 Å². The predicted octanol–water partition coefficient (Wildman–Crippen LogP) is 1.76. The lowest BCUT2D eigenvalue weighted by atomic mass is 9.96. The molecule has 9 nitrogen and oxygen atoms in total. The Morgan fingerprint density at radius 2 is 1.26 bits per heavy atom. The van der Waals surface area contributed by atoms with E-state index in [4.69, 9.17) is 44.0 Å². The van der Waals surface area contributed by atoms with Gasteiger partial charge in [-0.1, -0.05) is 36.4 Å². The molecule has 1 aliphatic rings. The Balaban J connectivity index is 0.000000230. The SMILES string of the molecule is NCC1=CC(N)(N)C=CC1O.Nc1ccc(O)cc1.Nc1ccccc1O.Oc1ccccc1. The highest BCUT2D eigenvalue weighted by molar-refractivity contribution is 5.50. The average molecular weight is 468 g/mol. The number of anilines is 2. The van der Waals surface area contributed by atoms with Crippen molar-refractivity contribution in [2.75, 3.05) is 18.0 Å². The molecule has 0 aliphatic heterocycles. The molecule has 0 amide bonds. The molecule has 0 spiro atoms. The Morgan fingerprint density at radius 3 is 1.65 bits per heavy atom. The number of aromatic hydroxyl groups is 3. The summed E-state index contributed by atoms with van der Waals surface area (Å²) in [6.45, 7) is 0.279. The number of aliphatic hydroxyl groups is 1. The van der Waals surface area contributed by atoms with Crippen LogP contribution >= 0.6 is 0 Å². The van der Waals surface area contributed by atoms with E-state index < -0.39 is 11.8 Å². The number of rotatable bonds is 1. The maximum atomic E-state index is 9.25. The lowest BCUT2D eigenvalue weighted by molar-refractivity contribution is 0.252. The molecule has 34 heavy (non-hydrogen) atoms. The molecular weight excluding hydrogens is 434 g/mol.